The van der Waals surface area contributed by atoms with Gasteiger partial charge in [-0.3, -0.25) is 0 Å². The molecule has 3 heteroatoms. The first-order valence-electron chi connectivity index (χ1n) is 8.34. The van der Waals surface area contributed by atoms with Crippen molar-refractivity contribution in [3.8, 4) is 0 Å². The van der Waals surface area contributed by atoms with Gasteiger partial charge in [-0.05, 0) is 62.5 Å². The third-order valence-electron chi connectivity index (χ3n) is 4.44. The van der Waals surface area contributed by atoms with Gasteiger partial charge in [0.25, 0.3) is 0 Å². The maximum Gasteiger partial charge on any atom is 0.123 e. The summed E-state index contributed by atoms with van der Waals surface area (Å²) in [6, 6.07) is 7.86. The minimum absolute atomic E-state index is 0.158. The maximum atomic E-state index is 13.1. The van der Waals surface area contributed by atoms with E-state index in [0.29, 0.717) is 18.0 Å². The van der Waals surface area contributed by atoms with Crippen LogP contribution in [0.2, 0.25) is 0 Å². The molecule has 1 atom stereocenters. The number of rotatable bonds is 6. The number of hydrogen-bond acceptors (Lipinski definition) is 2. The third-order valence-corrected chi connectivity index (χ3v) is 4.44. The van der Waals surface area contributed by atoms with E-state index in [4.69, 9.17) is 0 Å². The summed E-state index contributed by atoms with van der Waals surface area (Å²) in [6.45, 7) is 10.3. The first-order valence-corrected chi connectivity index (χ1v) is 8.34. The minimum Gasteiger partial charge on any atom is -0.307 e. The third kappa shape index (κ3) is 4.79. The molecule has 1 aromatic rings. The molecule has 1 aliphatic heterocycles. The molecule has 1 aliphatic rings. The quantitative estimate of drug-likeness (QED) is 0.853. The number of benzene rings is 1. The number of nitrogens with one attached hydrogen (secondary N) is 1. The van der Waals surface area contributed by atoms with E-state index in [-0.39, 0.29) is 5.82 Å². The van der Waals surface area contributed by atoms with Crippen LogP contribution in [-0.4, -0.2) is 30.6 Å². The Kier molecular flexibility index (Phi) is 6.19. The number of likely N-dealkylation sites (tertiary alicyclic amines) is 1. The second-order valence-corrected chi connectivity index (χ2v) is 6.56. The fraction of sp³-hybridized carbons (Fsp3) is 0.667. The van der Waals surface area contributed by atoms with Crippen LogP contribution in [0.1, 0.15) is 51.6 Å². The molecule has 1 saturated heterocycles. The van der Waals surface area contributed by atoms with Crippen molar-refractivity contribution in [1.82, 2.24) is 10.2 Å². The molecule has 2 rings (SSSR count). The van der Waals surface area contributed by atoms with Crippen molar-refractivity contribution in [2.45, 2.75) is 52.1 Å². The van der Waals surface area contributed by atoms with Gasteiger partial charge < -0.3 is 10.2 Å². The van der Waals surface area contributed by atoms with Gasteiger partial charge in [0.15, 0.2) is 0 Å². The van der Waals surface area contributed by atoms with Gasteiger partial charge in [0.2, 0.25) is 0 Å². The Bertz CT molecular complexity index is 408. The maximum absolute atomic E-state index is 13.1. The molecule has 1 aromatic carbocycles. The Balaban J connectivity index is 1.93. The van der Waals surface area contributed by atoms with Crippen LogP contribution < -0.4 is 5.32 Å². The Labute approximate surface area is 128 Å². The minimum atomic E-state index is -0.158. The molecule has 2 nitrogen and oxygen atoms in total. The molecule has 1 N–H and O–H groups in total. The average Bonchev–Trinajstić information content (AvgIpc) is 2.47. The molecule has 1 unspecified atom stereocenters. The van der Waals surface area contributed by atoms with Crippen LogP contribution in [0.3, 0.4) is 0 Å². The average molecular weight is 292 g/mol. The van der Waals surface area contributed by atoms with Gasteiger partial charge in [-0.1, -0.05) is 32.9 Å². The molecule has 0 saturated carbocycles. The summed E-state index contributed by atoms with van der Waals surface area (Å²) in [5, 5.41) is 3.80. The van der Waals surface area contributed by atoms with E-state index in [1.54, 1.807) is 12.1 Å². The van der Waals surface area contributed by atoms with Gasteiger partial charge in [0.1, 0.15) is 5.82 Å². The van der Waals surface area contributed by atoms with Crippen molar-refractivity contribution in [3.63, 3.8) is 0 Å². The first-order chi connectivity index (χ1) is 10.1. The van der Waals surface area contributed by atoms with Gasteiger partial charge in [0, 0.05) is 12.1 Å². The largest absolute Gasteiger partial charge is 0.307 e. The van der Waals surface area contributed by atoms with E-state index in [0.717, 1.165) is 0 Å². The highest BCUT2D eigenvalue weighted by atomic mass is 19.1. The lowest BCUT2D eigenvalue weighted by molar-refractivity contribution is 0.184. The second kappa shape index (κ2) is 7.90. The molecule has 118 valence electrons. The lowest BCUT2D eigenvalue weighted by Gasteiger charge is -2.35. The topological polar surface area (TPSA) is 15.3 Å². The molecule has 21 heavy (non-hydrogen) atoms. The molecule has 0 radical (unpaired) electrons. The Hall–Kier alpha value is -0.930. The molecule has 0 amide bonds. The molecule has 0 aliphatic carbocycles. The van der Waals surface area contributed by atoms with Gasteiger partial charge in [0.05, 0.1) is 0 Å². The molecular weight excluding hydrogens is 263 g/mol. The van der Waals surface area contributed by atoms with Crippen LogP contribution in [0.15, 0.2) is 24.3 Å². The number of halogens is 1. The molecule has 0 bridgehead atoms. The van der Waals surface area contributed by atoms with Crippen LogP contribution in [0, 0.1) is 11.7 Å². The first kappa shape index (κ1) is 16.4. The predicted molar refractivity (Wildman–Crippen MR) is 86.9 cm³/mol. The number of piperidine rings is 1. The van der Waals surface area contributed by atoms with E-state index in [1.807, 2.05) is 12.1 Å². The smallest absolute Gasteiger partial charge is 0.123 e. The lowest BCUT2D eigenvalue weighted by Crippen LogP contribution is -2.44. The lowest BCUT2D eigenvalue weighted by atomic mass is 9.93. The second-order valence-electron chi connectivity index (χ2n) is 6.56. The molecule has 1 heterocycles. The zero-order chi connectivity index (χ0) is 15.2. The van der Waals surface area contributed by atoms with Gasteiger partial charge in [-0.15, -0.1) is 0 Å². The fourth-order valence-corrected chi connectivity index (χ4v) is 3.24. The molecule has 0 spiro atoms. The van der Waals surface area contributed by atoms with Crippen molar-refractivity contribution >= 4 is 0 Å². The number of hydrogen-bond donors (Lipinski definition) is 1. The Morgan fingerprint density at radius 3 is 2.33 bits per heavy atom. The van der Waals surface area contributed by atoms with Gasteiger partial charge >= 0.3 is 0 Å². The summed E-state index contributed by atoms with van der Waals surface area (Å²) in [7, 11) is 0. The van der Waals surface area contributed by atoms with Crippen molar-refractivity contribution in [2.75, 3.05) is 19.6 Å². The Morgan fingerprint density at radius 2 is 1.81 bits per heavy atom. The van der Waals surface area contributed by atoms with E-state index in [9.17, 15) is 4.39 Å². The van der Waals surface area contributed by atoms with Crippen LogP contribution in [0.25, 0.3) is 0 Å². The zero-order valence-electron chi connectivity index (χ0n) is 13.6. The Morgan fingerprint density at radius 1 is 1.19 bits per heavy atom. The van der Waals surface area contributed by atoms with Crippen molar-refractivity contribution < 1.29 is 4.39 Å². The number of nitrogens with zero attached hydrogens (tertiary/aromatic N) is 1. The normalized spacial score (nSPS) is 19.1. The van der Waals surface area contributed by atoms with Gasteiger partial charge in [-0.2, -0.15) is 0 Å². The monoisotopic (exact) mass is 292 g/mol. The highest BCUT2D eigenvalue weighted by Crippen LogP contribution is 2.24. The van der Waals surface area contributed by atoms with Gasteiger partial charge in [-0.25, -0.2) is 4.39 Å². The van der Waals surface area contributed by atoms with Crippen LogP contribution in [-0.2, 0) is 0 Å². The summed E-state index contributed by atoms with van der Waals surface area (Å²) in [6.07, 6.45) is 3.66. The van der Waals surface area contributed by atoms with E-state index in [1.165, 1.54) is 44.5 Å². The molecule has 0 aromatic heterocycles. The standard InChI is InChI=1S/C18H29FN2/c1-4-11-21-12-9-17(10-13-21)20-18(14(2)3)15-5-7-16(19)8-6-15/h5-8,14,17-18,20H,4,9-13H2,1-3H3. The summed E-state index contributed by atoms with van der Waals surface area (Å²) in [5.41, 5.74) is 1.20. The van der Waals surface area contributed by atoms with Crippen molar-refractivity contribution in [2.24, 2.45) is 5.92 Å². The molecule has 1 fully saturated rings. The van der Waals surface area contributed by atoms with Crippen LogP contribution >= 0.6 is 0 Å². The van der Waals surface area contributed by atoms with Crippen molar-refractivity contribution in [1.29, 1.82) is 0 Å². The fourth-order valence-electron chi connectivity index (χ4n) is 3.24. The molecular formula is C18H29FN2. The SMILES string of the molecule is CCCN1CCC(NC(c2ccc(F)cc2)C(C)C)CC1. The van der Waals surface area contributed by atoms with E-state index >= 15 is 0 Å². The summed E-state index contributed by atoms with van der Waals surface area (Å²) < 4.78 is 13.1. The zero-order valence-corrected chi connectivity index (χ0v) is 13.6. The van der Waals surface area contributed by atoms with Crippen molar-refractivity contribution in [3.05, 3.63) is 35.6 Å². The van der Waals surface area contributed by atoms with E-state index in [2.05, 4.69) is 31.0 Å². The summed E-state index contributed by atoms with van der Waals surface area (Å²) in [4.78, 5) is 2.56. The van der Waals surface area contributed by atoms with Crippen LogP contribution in [0.4, 0.5) is 4.39 Å². The predicted octanol–water partition coefficient (Wildman–Crippen LogP) is 3.99. The highest BCUT2D eigenvalue weighted by molar-refractivity contribution is 5.20. The van der Waals surface area contributed by atoms with E-state index < -0.39 is 0 Å². The highest BCUT2D eigenvalue weighted by Gasteiger charge is 2.23. The summed E-state index contributed by atoms with van der Waals surface area (Å²) in [5.74, 6) is 0.346. The van der Waals surface area contributed by atoms with Crippen LogP contribution in [0.5, 0.6) is 0 Å². The summed E-state index contributed by atoms with van der Waals surface area (Å²) >= 11 is 0.